The normalized spacial score (nSPS) is 10.8. The van der Waals surface area contributed by atoms with E-state index in [0.717, 1.165) is 16.7 Å². The van der Waals surface area contributed by atoms with Gasteiger partial charge in [-0.3, -0.25) is 14.6 Å². The summed E-state index contributed by atoms with van der Waals surface area (Å²) in [5.74, 6) is -1.18. The zero-order valence-electron chi connectivity index (χ0n) is 17.8. The Bertz CT molecular complexity index is 1200. The molecule has 0 saturated heterocycles. The number of rotatable bonds is 7. The highest BCUT2D eigenvalue weighted by atomic mass is 16.2. The minimum atomic E-state index is -0.521. The van der Waals surface area contributed by atoms with Crippen LogP contribution in [0.2, 0.25) is 0 Å². The summed E-state index contributed by atoms with van der Waals surface area (Å²) in [5.41, 5.74) is 5.72. The van der Waals surface area contributed by atoms with Crippen LogP contribution in [0.4, 0.5) is 5.69 Å². The Kier molecular flexibility index (Phi) is 6.98. The molecule has 162 valence electrons. The van der Waals surface area contributed by atoms with Crippen molar-refractivity contribution in [3.05, 3.63) is 132 Å². The Labute approximate surface area is 192 Å². The first-order valence-electron chi connectivity index (χ1n) is 10.5. The number of carbonyl (C=O) groups is 2. The number of pyridine rings is 1. The number of aromatic nitrogens is 1. The van der Waals surface area contributed by atoms with E-state index in [2.05, 4.69) is 20.8 Å². The number of hydrogen-bond donors (Lipinski definition) is 2. The summed E-state index contributed by atoms with van der Waals surface area (Å²) in [6.45, 7) is 0. The second-order valence-electron chi connectivity index (χ2n) is 7.27. The Morgan fingerprint density at radius 1 is 0.788 bits per heavy atom. The Hall–Kier alpha value is -4.58. The molecule has 0 atom stereocenters. The molecule has 6 heteroatoms. The van der Waals surface area contributed by atoms with E-state index in [1.54, 1.807) is 42.7 Å². The SMILES string of the molecule is O=C(N/N=C\c1cccnc1)c1ccccc1NC(=O)C(c1ccccc1)c1ccccc1. The van der Waals surface area contributed by atoms with Crippen LogP contribution in [0, 0.1) is 0 Å². The monoisotopic (exact) mass is 434 g/mol. The molecule has 0 aliphatic rings. The Balaban J connectivity index is 1.55. The number of nitrogens with zero attached hydrogens (tertiary/aromatic N) is 2. The van der Waals surface area contributed by atoms with Gasteiger partial charge in [-0.05, 0) is 29.3 Å². The third-order valence-electron chi connectivity index (χ3n) is 5.02. The summed E-state index contributed by atoms with van der Waals surface area (Å²) in [6, 6.07) is 29.6. The number of para-hydroxylation sites is 1. The van der Waals surface area contributed by atoms with E-state index in [9.17, 15) is 9.59 Å². The van der Waals surface area contributed by atoms with Crippen LogP contribution in [0.1, 0.15) is 33.0 Å². The van der Waals surface area contributed by atoms with Gasteiger partial charge in [-0.15, -0.1) is 0 Å². The average molecular weight is 434 g/mol. The van der Waals surface area contributed by atoms with Crippen molar-refractivity contribution in [2.24, 2.45) is 5.10 Å². The molecule has 6 nitrogen and oxygen atoms in total. The van der Waals surface area contributed by atoms with Crippen LogP contribution in [0.15, 0.2) is 115 Å². The van der Waals surface area contributed by atoms with Crippen molar-refractivity contribution in [2.75, 3.05) is 5.32 Å². The van der Waals surface area contributed by atoms with Gasteiger partial charge in [-0.25, -0.2) is 5.43 Å². The molecule has 4 rings (SSSR count). The molecule has 1 aromatic heterocycles. The fraction of sp³-hybridized carbons (Fsp3) is 0.0370. The van der Waals surface area contributed by atoms with E-state index < -0.39 is 11.8 Å². The lowest BCUT2D eigenvalue weighted by Crippen LogP contribution is -2.25. The lowest BCUT2D eigenvalue weighted by Gasteiger charge is -2.19. The lowest BCUT2D eigenvalue weighted by molar-refractivity contribution is -0.116. The maximum absolute atomic E-state index is 13.4. The van der Waals surface area contributed by atoms with Gasteiger partial charge in [0.15, 0.2) is 0 Å². The lowest BCUT2D eigenvalue weighted by atomic mass is 9.90. The second-order valence-corrected chi connectivity index (χ2v) is 7.27. The van der Waals surface area contributed by atoms with Gasteiger partial charge < -0.3 is 5.32 Å². The molecule has 0 fully saturated rings. The fourth-order valence-electron chi connectivity index (χ4n) is 3.46. The van der Waals surface area contributed by atoms with Crippen LogP contribution in [0.25, 0.3) is 0 Å². The van der Waals surface area contributed by atoms with Gasteiger partial charge in [0.1, 0.15) is 0 Å². The first-order valence-corrected chi connectivity index (χ1v) is 10.5. The molecule has 2 amide bonds. The van der Waals surface area contributed by atoms with Gasteiger partial charge in [0.25, 0.3) is 5.91 Å². The molecular weight excluding hydrogens is 412 g/mol. The first kappa shape index (κ1) is 21.6. The molecule has 2 N–H and O–H groups in total. The number of anilines is 1. The van der Waals surface area contributed by atoms with Gasteiger partial charge in [0, 0.05) is 18.0 Å². The van der Waals surface area contributed by atoms with Crippen molar-refractivity contribution < 1.29 is 9.59 Å². The highest BCUT2D eigenvalue weighted by Gasteiger charge is 2.24. The van der Waals surface area contributed by atoms with Crippen LogP contribution < -0.4 is 10.7 Å². The summed E-state index contributed by atoms with van der Waals surface area (Å²) in [6.07, 6.45) is 4.80. The molecule has 0 unspecified atom stereocenters. The standard InChI is InChI=1S/C27H22N4O2/c32-26(31-29-19-20-10-9-17-28-18-20)23-15-7-8-16-24(23)30-27(33)25(21-11-3-1-4-12-21)22-13-5-2-6-14-22/h1-19,25H,(H,30,33)(H,31,32)/b29-19-. The Morgan fingerprint density at radius 2 is 1.42 bits per heavy atom. The van der Waals surface area contributed by atoms with Crippen LogP contribution in [0.5, 0.6) is 0 Å². The molecule has 0 aliphatic carbocycles. The van der Waals surface area contributed by atoms with E-state index in [0.29, 0.717) is 11.3 Å². The molecule has 0 aliphatic heterocycles. The molecule has 0 saturated carbocycles. The quantitative estimate of drug-likeness (QED) is 0.329. The second kappa shape index (κ2) is 10.6. The summed E-state index contributed by atoms with van der Waals surface area (Å²) >= 11 is 0. The van der Waals surface area contributed by atoms with E-state index >= 15 is 0 Å². The summed E-state index contributed by atoms with van der Waals surface area (Å²) in [7, 11) is 0. The molecule has 0 spiro atoms. The summed E-state index contributed by atoms with van der Waals surface area (Å²) in [5, 5.41) is 6.93. The van der Waals surface area contributed by atoms with Crippen LogP contribution >= 0.6 is 0 Å². The van der Waals surface area contributed by atoms with E-state index in [4.69, 9.17) is 0 Å². The van der Waals surface area contributed by atoms with Gasteiger partial charge >= 0.3 is 0 Å². The zero-order chi connectivity index (χ0) is 22.9. The van der Waals surface area contributed by atoms with Gasteiger partial charge in [-0.1, -0.05) is 78.9 Å². The number of hydrazone groups is 1. The largest absolute Gasteiger partial charge is 0.325 e. The maximum atomic E-state index is 13.4. The molecule has 0 bridgehead atoms. The van der Waals surface area contributed by atoms with Crippen LogP contribution in [0.3, 0.4) is 0 Å². The topological polar surface area (TPSA) is 83.4 Å². The smallest absolute Gasteiger partial charge is 0.273 e. The number of nitrogens with one attached hydrogen (secondary N) is 2. The van der Waals surface area contributed by atoms with Crippen molar-refractivity contribution in [2.45, 2.75) is 5.92 Å². The maximum Gasteiger partial charge on any atom is 0.273 e. The zero-order valence-corrected chi connectivity index (χ0v) is 17.8. The van der Waals surface area contributed by atoms with Gasteiger partial charge in [0.05, 0.1) is 23.4 Å². The van der Waals surface area contributed by atoms with Crippen LogP contribution in [-0.2, 0) is 4.79 Å². The molecular formula is C27H22N4O2. The van der Waals surface area contributed by atoms with Crippen molar-refractivity contribution in [1.82, 2.24) is 10.4 Å². The third kappa shape index (κ3) is 5.57. The number of carbonyl (C=O) groups excluding carboxylic acids is 2. The van der Waals surface area contributed by atoms with Crippen molar-refractivity contribution in [1.29, 1.82) is 0 Å². The third-order valence-corrected chi connectivity index (χ3v) is 5.02. The molecule has 1 heterocycles. The predicted molar refractivity (Wildman–Crippen MR) is 129 cm³/mol. The minimum absolute atomic E-state index is 0.230. The van der Waals surface area contributed by atoms with Gasteiger partial charge in [-0.2, -0.15) is 5.10 Å². The fourth-order valence-corrected chi connectivity index (χ4v) is 3.46. The van der Waals surface area contributed by atoms with E-state index in [-0.39, 0.29) is 5.91 Å². The molecule has 3 aromatic carbocycles. The highest BCUT2D eigenvalue weighted by molar-refractivity contribution is 6.06. The van der Waals surface area contributed by atoms with Gasteiger partial charge in [0.2, 0.25) is 5.91 Å². The van der Waals surface area contributed by atoms with E-state index in [1.807, 2.05) is 66.7 Å². The predicted octanol–water partition coefficient (Wildman–Crippen LogP) is 4.62. The highest BCUT2D eigenvalue weighted by Crippen LogP contribution is 2.27. The van der Waals surface area contributed by atoms with Crippen molar-refractivity contribution >= 4 is 23.7 Å². The summed E-state index contributed by atoms with van der Waals surface area (Å²) < 4.78 is 0. The van der Waals surface area contributed by atoms with Crippen LogP contribution in [-0.4, -0.2) is 23.0 Å². The number of amides is 2. The number of benzene rings is 3. The van der Waals surface area contributed by atoms with Crippen molar-refractivity contribution in [3.63, 3.8) is 0 Å². The average Bonchev–Trinajstić information content (AvgIpc) is 2.86. The number of hydrogen-bond acceptors (Lipinski definition) is 4. The van der Waals surface area contributed by atoms with Crippen molar-refractivity contribution in [3.8, 4) is 0 Å². The molecule has 0 radical (unpaired) electrons. The molecule has 33 heavy (non-hydrogen) atoms. The first-order chi connectivity index (χ1) is 16.2. The molecule has 4 aromatic rings. The summed E-state index contributed by atoms with van der Waals surface area (Å²) in [4.78, 5) is 30.2. The van der Waals surface area contributed by atoms with E-state index in [1.165, 1.54) is 6.21 Å². The Morgan fingerprint density at radius 3 is 2.06 bits per heavy atom. The minimum Gasteiger partial charge on any atom is -0.325 e.